The van der Waals surface area contributed by atoms with Gasteiger partial charge < -0.3 is 19.7 Å². The number of halogens is 1. The highest BCUT2D eigenvalue weighted by Crippen LogP contribution is 2.42. The Bertz CT molecular complexity index is 1040. The number of methoxy groups -OCH3 is 1. The van der Waals surface area contributed by atoms with Gasteiger partial charge in [-0.2, -0.15) is 5.26 Å². The van der Waals surface area contributed by atoms with Crippen LogP contribution in [0.1, 0.15) is 44.6 Å². The summed E-state index contributed by atoms with van der Waals surface area (Å²) in [5.41, 5.74) is 0.684. The fourth-order valence-corrected chi connectivity index (χ4v) is 5.53. The number of thioether (sulfide) groups is 1. The lowest BCUT2D eigenvalue weighted by atomic mass is 9.78. The van der Waals surface area contributed by atoms with Gasteiger partial charge in [-0.25, -0.2) is 0 Å². The van der Waals surface area contributed by atoms with E-state index in [1.807, 2.05) is 18.7 Å². The zero-order valence-electron chi connectivity index (χ0n) is 19.4. The van der Waals surface area contributed by atoms with Gasteiger partial charge >= 0.3 is 5.97 Å². The Hall–Kier alpha value is -2.70. The molecule has 3 rings (SSSR count). The lowest BCUT2D eigenvalue weighted by Crippen LogP contribution is -2.45. The Morgan fingerprint density at radius 3 is 2.74 bits per heavy atom. The predicted octanol–water partition coefficient (Wildman–Crippen LogP) is 3.61. The first-order valence-corrected chi connectivity index (χ1v) is 12.6. The highest BCUT2D eigenvalue weighted by molar-refractivity contribution is 8.03. The molecular weight excluding hydrogens is 478 g/mol. The summed E-state index contributed by atoms with van der Waals surface area (Å²) in [5, 5.41) is 13.3. The van der Waals surface area contributed by atoms with E-state index in [1.165, 1.54) is 7.11 Å². The zero-order chi connectivity index (χ0) is 24.8. The average molecular weight is 506 g/mol. The summed E-state index contributed by atoms with van der Waals surface area (Å²) < 4.78 is 10.3. The fourth-order valence-electron chi connectivity index (χ4n) is 4.35. The van der Waals surface area contributed by atoms with Crippen molar-refractivity contribution in [2.75, 3.05) is 26.0 Å². The first-order chi connectivity index (χ1) is 16.3. The van der Waals surface area contributed by atoms with Gasteiger partial charge in [0.05, 0.1) is 41.2 Å². The standard InChI is InChI=1S/C24H28ClN3O5S/c1-4-33-18-9-8-15(11-17(18)25)20-16(12-26)23(27-22(30)21(20)24(31)32-3)34-13-19(29)28-10-6-5-7-14(28)2/h8-9,11,14,20-21H,4-7,10,13H2,1-3H3,(H,27,30)/t14-,20+,21-/m0/s1. The van der Waals surface area contributed by atoms with Crippen LogP contribution in [0.2, 0.25) is 5.02 Å². The van der Waals surface area contributed by atoms with Gasteiger partial charge in [0.1, 0.15) is 11.7 Å². The van der Waals surface area contributed by atoms with Gasteiger partial charge in [0.15, 0.2) is 0 Å². The molecule has 1 N–H and O–H groups in total. The highest BCUT2D eigenvalue weighted by Gasteiger charge is 2.44. The van der Waals surface area contributed by atoms with Crippen molar-refractivity contribution in [2.24, 2.45) is 5.92 Å². The van der Waals surface area contributed by atoms with E-state index in [-0.39, 0.29) is 28.3 Å². The van der Waals surface area contributed by atoms with Crippen LogP contribution >= 0.6 is 23.4 Å². The summed E-state index contributed by atoms with van der Waals surface area (Å²) in [6.45, 7) is 4.98. The van der Waals surface area contributed by atoms with Gasteiger partial charge in [0.2, 0.25) is 11.8 Å². The molecule has 0 bridgehead atoms. The van der Waals surface area contributed by atoms with E-state index >= 15 is 0 Å². The van der Waals surface area contributed by atoms with Crippen molar-refractivity contribution in [3.05, 3.63) is 39.4 Å². The number of esters is 1. The van der Waals surface area contributed by atoms with Crippen LogP contribution in [0.25, 0.3) is 0 Å². The van der Waals surface area contributed by atoms with Crippen LogP contribution < -0.4 is 10.1 Å². The molecule has 0 aliphatic carbocycles. The number of benzene rings is 1. The fraction of sp³-hybridized carbons (Fsp3) is 0.500. The topological polar surface area (TPSA) is 109 Å². The number of hydrogen-bond donors (Lipinski definition) is 1. The first-order valence-electron chi connectivity index (χ1n) is 11.2. The molecule has 0 unspecified atom stereocenters. The van der Waals surface area contributed by atoms with E-state index in [9.17, 15) is 19.6 Å². The second kappa shape index (κ2) is 11.6. The van der Waals surface area contributed by atoms with Gasteiger partial charge in [-0.05, 0) is 50.8 Å². The Morgan fingerprint density at radius 1 is 1.35 bits per heavy atom. The minimum atomic E-state index is -1.27. The third kappa shape index (κ3) is 5.50. The van der Waals surface area contributed by atoms with Crippen molar-refractivity contribution >= 4 is 41.1 Å². The molecule has 1 aromatic rings. The molecule has 0 aromatic heterocycles. The molecule has 34 heavy (non-hydrogen) atoms. The van der Waals surface area contributed by atoms with E-state index in [2.05, 4.69) is 11.4 Å². The van der Waals surface area contributed by atoms with E-state index in [1.54, 1.807) is 18.2 Å². The minimum absolute atomic E-state index is 0.0491. The van der Waals surface area contributed by atoms with E-state index in [0.29, 0.717) is 29.5 Å². The normalized spacial score (nSPS) is 22.6. The number of piperidine rings is 1. The first kappa shape index (κ1) is 25.9. The maximum Gasteiger partial charge on any atom is 0.319 e. The number of rotatable bonds is 7. The van der Waals surface area contributed by atoms with Crippen molar-refractivity contribution in [2.45, 2.75) is 45.1 Å². The number of carbonyl (C=O) groups excluding carboxylic acids is 3. The number of amides is 2. The van der Waals surface area contributed by atoms with Crippen LogP contribution in [-0.2, 0) is 19.1 Å². The molecule has 182 valence electrons. The van der Waals surface area contributed by atoms with Gasteiger partial charge in [0, 0.05) is 18.5 Å². The summed E-state index contributed by atoms with van der Waals surface area (Å²) in [7, 11) is 1.19. The molecule has 3 atom stereocenters. The lowest BCUT2D eigenvalue weighted by Gasteiger charge is -2.34. The highest BCUT2D eigenvalue weighted by atomic mass is 35.5. The van der Waals surface area contributed by atoms with Gasteiger partial charge in [0.25, 0.3) is 0 Å². The van der Waals surface area contributed by atoms with Crippen molar-refractivity contribution in [3.8, 4) is 11.8 Å². The molecule has 0 spiro atoms. The van der Waals surface area contributed by atoms with E-state index < -0.39 is 23.7 Å². The molecular formula is C24H28ClN3O5S. The maximum absolute atomic E-state index is 13.0. The van der Waals surface area contributed by atoms with Crippen LogP contribution in [-0.4, -0.2) is 54.7 Å². The van der Waals surface area contributed by atoms with Gasteiger partial charge in [-0.1, -0.05) is 29.4 Å². The van der Waals surface area contributed by atoms with Gasteiger partial charge in [-0.15, -0.1) is 0 Å². The van der Waals surface area contributed by atoms with E-state index in [0.717, 1.165) is 31.0 Å². The summed E-state index contributed by atoms with van der Waals surface area (Å²) in [6.07, 6.45) is 3.02. The number of nitrogens with zero attached hydrogens (tertiary/aromatic N) is 2. The van der Waals surface area contributed by atoms with Crippen molar-refractivity contribution in [3.63, 3.8) is 0 Å². The maximum atomic E-state index is 13.0. The molecule has 1 aromatic carbocycles. The summed E-state index contributed by atoms with van der Waals surface area (Å²) >= 11 is 7.46. The molecule has 1 fully saturated rings. The number of nitrogens with one attached hydrogen (secondary N) is 1. The van der Waals surface area contributed by atoms with Crippen molar-refractivity contribution in [1.29, 1.82) is 5.26 Å². The SMILES string of the molecule is CCOc1ccc([C@@H]2C(C#N)=C(SCC(=O)N3CCCC[C@@H]3C)NC(=O)[C@H]2C(=O)OC)cc1Cl. The van der Waals surface area contributed by atoms with Crippen LogP contribution in [0.15, 0.2) is 28.8 Å². The van der Waals surface area contributed by atoms with Gasteiger partial charge in [-0.3, -0.25) is 14.4 Å². The molecule has 2 amide bonds. The van der Waals surface area contributed by atoms with Crippen LogP contribution in [0, 0.1) is 17.2 Å². The van der Waals surface area contributed by atoms with Crippen LogP contribution in [0.4, 0.5) is 0 Å². The van der Waals surface area contributed by atoms with E-state index in [4.69, 9.17) is 21.1 Å². The largest absolute Gasteiger partial charge is 0.492 e. The summed E-state index contributed by atoms with van der Waals surface area (Å²) in [6, 6.07) is 7.21. The van der Waals surface area contributed by atoms with Crippen molar-refractivity contribution < 1.29 is 23.9 Å². The smallest absolute Gasteiger partial charge is 0.319 e. The lowest BCUT2D eigenvalue weighted by molar-refractivity contribution is -0.150. The number of carbonyl (C=O) groups is 3. The zero-order valence-corrected chi connectivity index (χ0v) is 21.0. The number of likely N-dealkylation sites (tertiary alicyclic amines) is 1. The average Bonchev–Trinajstić information content (AvgIpc) is 2.83. The predicted molar refractivity (Wildman–Crippen MR) is 129 cm³/mol. The van der Waals surface area contributed by atoms with Crippen LogP contribution in [0.3, 0.4) is 0 Å². The second-order valence-electron chi connectivity index (χ2n) is 8.17. The molecule has 2 aliphatic rings. The number of allylic oxidation sites excluding steroid dienone is 1. The summed E-state index contributed by atoms with van der Waals surface area (Å²) in [5.74, 6) is -3.05. The second-order valence-corrected chi connectivity index (χ2v) is 9.56. The van der Waals surface area contributed by atoms with Crippen molar-refractivity contribution in [1.82, 2.24) is 10.2 Å². The Kier molecular flexibility index (Phi) is 8.86. The number of hydrogen-bond acceptors (Lipinski definition) is 7. The monoisotopic (exact) mass is 505 g/mol. The minimum Gasteiger partial charge on any atom is -0.492 e. The quantitative estimate of drug-likeness (QED) is 0.445. The molecule has 0 radical (unpaired) electrons. The molecule has 10 heteroatoms. The third-order valence-corrected chi connectivity index (χ3v) is 7.36. The Morgan fingerprint density at radius 2 is 2.12 bits per heavy atom. The Balaban J connectivity index is 1.95. The molecule has 8 nitrogen and oxygen atoms in total. The Labute approximate surface area is 208 Å². The number of ether oxygens (including phenoxy) is 2. The van der Waals surface area contributed by atoms with Crippen LogP contribution in [0.5, 0.6) is 5.75 Å². The summed E-state index contributed by atoms with van der Waals surface area (Å²) in [4.78, 5) is 40.2. The molecule has 0 saturated carbocycles. The molecule has 1 saturated heterocycles. The third-order valence-electron chi connectivity index (χ3n) is 6.06. The molecule has 2 aliphatic heterocycles. The molecule has 2 heterocycles. The number of nitriles is 1.